The molecule has 1 atom stereocenters. The zero-order valence-electron chi connectivity index (χ0n) is 17.2. The van der Waals surface area contributed by atoms with Crippen molar-refractivity contribution in [3.05, 3.63) is 29.8 Å². The molecule has 1 saturated heterocycles. The average molecular weight is 408 g/mol. The van der Waals surface area contributed by atoms with Gasteiger partial charge in [-0.15, -0.1) is 11.8 Å². The molecule has 0 bridgehead atoms. The molecule has 28 heavy (non-hydrogen) atoms. The van der Waals surface area contributed by atoms with Gasteiger partial charge in [-0.2, -0.15) is 0 Å². The fourth-order valence-corrected chi connectivity index (χ4v) is 3.93. The van der Waals surface area contributed by atoms with E-state index in [-0.39, 0.29) is 17.6 Å². The maximum absolute atomic E-state index is 12.2. The molecular formula is C21H33N3O3S. The Morgan fingerprint density at radius 3 is 2.57 bits per heavy atom. The van der Waals surface area contributed by atoms with Gasteiger partial charge in [-0.1, -0.05) is 26.0 Å². The van der Waals surface area contributed by atoms with Crippen molar-refractivity contribution < 1.29 is 14.3 Å². The molecule has 0 spiro atoms. The number of carbonyl (C=O) groups is 2. The lowest BCUT2D eigenvalue weighted by Crippen LogP contribution is -2.49. The van der Waals surface area contributed by atoms with Crippen molar-refractivity contribution in [1.82, 2.24) is 10.2 Å². The Bertz CT molecular complexity index is 633. The second-order valence-electron chi connectivity index (χ2n) is 7.65. The molecule has 1 aromatic carbocycles. The SMILES string of the molecule is Cc1cccc(NC(=O)CSCC(=O)NCC(CC(C)C)N2CCOCC2)c1. The van der Waals surface area contributed by atoms with Gasteiger partial charge in [-0.25, -0.2) is 0 Å². The van der Waals surface area contributed by atoms with E-state index in [0.29, 0.717) is 24.3 Å². The van der Waals surface area contributed by atoms with Gasteiger partial charge in [0.15, 0.2) is 0 Å². The van der Waals surface area contributed by atoms with Crippen LogP contribution in [0.3, 0.4) is 0 Å². The van der Waals surface area contributed by atoms with Gasteiger partial charge in [-0.3, -0.25) is 14.5 Å². The lowest BCUT2D eigenvalue weighted by molar-refractivity contribution is -0.119. The predicted octanol–water partition coefficient (Wildman–Crippen LogP) is 2.53. The van der Waals surface area contributed by atoms with E-state index in [9.17, 15) is 9.59 Å². The second kappa shape index (κ2) is 12.1. The van der Waals surface area contributed by atoms with Crippen molar-refractivity contribution in [2.24, 2.45) is 5.92 Å². The summed E-state index contributed by atoms with van der Waals surface area (Å²) in [6.07, 6.45) is 1.05. The molecule has 1 aliphatic heterocycles. The third kappa shape index (κ3) is 8.63. The number of carbonyl (C=O) groups excluding carboxylic acids is 2. The second-order valence-corrected chi connectivity index (χ2v) is 8.63. The Hall–Kier alpha value is -1.57. The van der Waals surface area contributed by atoms with Crippen LogP contribution in [-0.4, -0.2) is 67.1 Å². The quantitative estimate of drug-likeness (QED) is 0.624. The van der Waals surface area contributed by atoms with Crippen molar-refractivity contribution in [2.75, 3.05) is 49.7 Å². The van der Waals surface area contributed by atoms with E-state index >= 15 is 0 Å². The van der Waals surface area contributed by atoms with Gasteiger partial charge >= 0.3 is 0 Å². The van der Waals surface area contributed by atoms with Crippen LogP contribution in [0.4, 0.5) is 5.69 Å². The number of morpholine rings is 1. The molecule has 0 aromatic heterocycles. The average Bonchev–Trinajstić information content (AvgIpc) is 2.65. The van der Waals surface area contributed by atoms with E-state index in [4.69, 9.17) is 4.74 Å². The molecule has 1 aromatic rings. The van der Waals surface area contributed by atoms with Crippen LogP contribution in [0.2, 0.25) is 0 Å². The number of benzene rings is 1. The lowest BCUT2D eigenvalue weighted by atomic mass is 10.0. The number of ether oxygens (including phenoxy) is 1. The molecule has 1 unspecified atom stereocenters. The lowest BCUT2D eigenvalue weighted by Gasteiger charge is -2.35. The summed E-state index contributed by atoms with van der Waals surface area (Å²) in [7, 11) is 0. The van der Waals surface area contributed by atoms with Crippen LogP contribution in [0, 0.1) is 12.8 Å². The molecule has 7 heteroatoms. The number of hydrogen-bond acceptors (Lipinski definition) is 5. The summed E-state index contributed by atoms with van der Waals surface area (Å²) in [5, 5.41) is 5.90. The number of anilines is 1. The maximum Gasteiger partial charge on any atom is 0.234 e. The zero-order chi connectivity index (χ0) is 20.4. The van der Waals surface area contributed by atoms with E-state index in [1.54, 1.807) is 0 Å². The van der Waals surface area contributed by atoms with Gasteiger partial charge in [-0.05, 0) is 37.0 Å². The van der Waals surface area contributed by atoms with Crippen molar-refractivity contribution in [3.63, 3.8) is 0 Å². The van der Waals surface area contributed by atoms with E-state index in [1.807, 2.05) is 31.2 Å². The number of hydrogen-bond donors (Lipinski definition) is 2. The van der Waals surface area contributed by atoms with E-state index < -0.39 is 0 Å². The van der Waals surface area contributed by atoms with Crippen LogP contribution >= 0.6 is 11.8 Å². The van der Waals surface area contributed by atoms with Gasteiger partial charge < -0.3 is 15.4 Å². The molecule has 156 valence electrons. The van der Waals surface area contributed by atoms with Gasteiger partial charge in [0.1, 0.15) is 0 Å². The highest BCUT2D eigenvalue weighted by Gasteiger charge is 2.22. The van der Waals surface area contributed by atoms with Gasteiger partial charge in [0.05, 0.1) is 24.7 Å². The van der Waals surface area contributed by atoms with Crippen LogP contribution in [0.5, 0.6) is 0 Å². The van der Waals surface area contributed by atoms with Gasteiger partial charge in [0.25, 0.3) is 0 Å². The fourth-order valence-electron chi connectivity index (χ4n) is 3.29. The van der Waals surface area contributed by atoms with Crippen molar-refractivity contribution in [2.45, 2.75) is 33.2 Å². The maximum atomic E-state index is 12.2. The number of amides is 2. The summed E-state index contributed by atoms with van der Waals surface area (Å²) in [5.74, 6) is 1.02. The van der Waals surface area contributed by atoms with Crippen LogP contribution < -0.4 is 10.6 Å². The van der Waals surface area contributed by atoms with Crippen LogP contribution in [0.15, 0.2) is 24.3 Å². The number of aryl methyl sites for hydroxylation is 1. The number of rotatable bonds is 10. The molecule has 1 aliphatic rings. The number of nitrogens with one attached hydrogen (secondary N) is 2. The summed E-state index contributed by atoms with van der Waals surface area (Å²) in [5.41, 5.74) is 1.89. The van der Waals surface area contributed by atoms with Crippen molar-refractivity contribution in [1.29, 1.82) is 0 Å². The monoisotopic (exact) mass is 407 g/mol. The van der Waals surface area contributed by atoms with Gasteiger partial charge in [0, 0.05) is 31.4 Å². The first-order valence-corrected chi connectivity index (χ1v) is 11.1. The van der Waals surface area contributed by atoms with Crippen LogP contribution in [-0.2, 0) is 14.3 Å². The Balaban J connectivity index is 1.68. The minimum atomic E-state index is -0.0885. The zero-order valence-corrected chi connectivity index (χ0v) is 18.0. The summed E-state index contributed by atoms with van der Waals surface area (Å²) >= 11 is 1.34. The minimum Gasteiger partial charge on any atom is -0.379 e. The van der Waals surface area contributed by atoms with Crippen LogP contribution in [0.25, 0.3) is 0 Å². The fraction of sp³-hybridized carbons (Fsp3) is 0.619. The summed E-state index contributed by atoms with van der Waals surface area (Å²) in [6.45, 7) is 10.4. The Morgan fingerprint density at radius 1 is 1.18 bits per heavy atom. The van der Waals surface area contributed by atoms with Gasteiger partial charge in [0.2, 0.25) is 11.8 Å². The first-order chi connectivity index (χ1) is 13.4. The van der Waals surface area contributed by atoms with Crippen molar-refractivity contribution >= 4 is 29.3 Å². The number of nitrogens with zero attached hydrogens (tertiary/aromatic N) is 1. The Kier molecular flexibility index (Phi) is 9.81. The highest BCUT2D eigenvalue weighted by Crippen LogP contribution is 2.13. The van der Waals surface area contributed by atoms with E-state index in [1.165, 1.54) is 11.8 Å². The summed E-state index contributed by atoms with van der Waals surface area (Å²) in [4.78, 5) is 26.6. The first kappa shape index (κ1) is 22.7. The Labute approximate surface area is 172 Å². The molecule has 2 rings (SSSR count). The van der Waals surface area contributed by atoms with E-state index in [0.717, 1.165) is 44.0 Å². The predicted molar refractivity (Wildman–Crippen MR) is 116 cm³/mol. The summed E-state index contributed by atoms with van der Waals surface area (Å²) in [6, 6.07) is 8.02. The molecule has 2 amide bonds. The van der Waals surface area contributed by atoms with Crippen molar-refractivity contribution in [3.8, 4) is 0 Å². The Morgan fingerprint density at radius 2 is 1.89 bits per heavy atom. The third-order valence-electron chi connectivity index (χ3n) is 4.61. The molecule has 2 N–H and O–H groups in total. The topological polar surface area (TPSA) is 70.7 Å². The third-order valence-corrected chi connectivity index (χ3v) is 5.54. The number of thioether (sulfide) groups is 1. The van der Waals surface area contributed by atoms with E-state index in [2.05, 4.69) is 29.4 Å². The standard InChI is InChI=1S/C21H33N3O3S/c1-16(2)11-19(24-7-9-27-10-8-24)13-22-20(25)14-28-15-21(26)23-18-6-4-5-17(3)12-18/h4-6,12,16,19H,7-11,13-15H2,1-3H3,(H,22,25)(H,23,26). The normalized spacial score (nSPS) is 16.0. The smallest absolute Gasteiger partial charge is 0.234 e. The highest BCUT2D eigenvalue weighted by atomic mass is 32.2. The molecule has 6 nitrogen and oxygen atoms in total. The molecule has 0 radical (unpaired) electrons. The summed E-state index contributed by atoms with van der Waals surface area (Å²) < 4.78 is 5.43. The minimum absolute atomic E-state index is 0.0182. The highest BCUT2D eigenvalue weighted by molar-refractivity contribution is 8.00. The largest absolute Gasteiger partial charge is 0.379 e. The molecule has 0 saturated carbocycles. The molecule has 1 heterocycles. The first-order valence-electron chi connectivity index (χ1n) is 9.97. The molecule has 0 aliphatic carbocycles. The molecule has 1 fully saturated rings. The molecular weight excluding hydrogens is 374 g/mol. The van der Waals surface area contributed by atoms with Crippen LogP contribution in [0.1, 0.15) is 25.8 Å².